The maximum absolute atomic E-state index is 6.94. The van der Waals surface area contributed by atoms with Gasteiger partial charge >= 0.3 is 0 Å². The minimum absolute atomic E-state index is 0.584. The lowest BCUT2D eigenvalue weighted by Crippen LogP contribution is -2.00. The molecule has 0 atom stereocenters. The number of hydrogen-bond acceptors (Lipinski definition) is 8. The third-order valence-electron chi connectivity index (χ3n) is 26.1. The largest absolute Gasteiger partial charge is 0.454 e. The van der Waals surface area contributed by atoms with Gasteiger partial charge in [0, 0.05) is 87.8 Å². The second kappa shape index (κ2) is 34.2. The molecule has 636 valence electrons. The Kier molecular flexibility index (Phi) is 20.0. The molecule has 10 nitrogen and oxygen atoms in total. The Bertz CT molecular complexity index is 8830. The highest BCUT2D eigenvalue weighted by molar-refractivity contribution is 6.23. The summed E-state index contributed by atoms with van der Waals surface area (Å²) in [7, 11) is 0. The van der Waals surface area contributed by atoms with Crippen molar-refractivity contribution < 1.29 is 8.83 Å². The fourth-order valence-electron chi connectivity index (χ4n) is 19.3. The van der Waals surface area contributed by atoms with E-state index < -0.39 is 0 Å². The van der Waals surface area contributed by atoms with Crippen LogP contribution in [-0.2, 0) is 0 Å². The van der Waals surface area contributed by atoms with Gasteiger partial charge in [0.25, 0.3) is 0 Å². The fraction of sp³-hybridized carbons (Fsp3) is 0. The van der Waals surface area contributed by atoms with Crippen LogP contribution in [0.1, 0.15) is 0 Å². The van der Waals surface area contributed by atoms with Crippen molar-refractivity contribution in [2.45, 2.75) is 0 Å². The first kappa shape index (κ1) is 79.8. The van der Waals surface area contributed by atoms with Crippen LogP contribution in [0.2, 0.25) is 0 Å². The quantitative estimate of drug-likeness (QED) is 0.0940. The summed E-state index contributed by atoms with van der Waals surface area (Å²) >= 11 is 0. The number of hydrogen-bond donors (Lipinski definition) is 0. The second-order valence-electron chi connectivity index (χ2n) is 34.4. The summed E-state index contributed by atoms with van der Waals surface area (Å²) < 4.78 is 18.6. The highest BCUT2D eigenvalue weighted by atomic mass is 16.3. The molecule has 0 aliphatic carbocycles. The van der Waals surface area contributed by atoms with Crippen molar-refractivity contribution in [1.29, 1.82) is 0 Å². The maximum Gasteiger partial charge on any atom is 0.164 e. The average molecular weight is 1740 g/mol. The van der Waals surface area contributed by atoms with Gasteiger partial charge < -0.3 is 18.0 Å². The molecule has 0 fully saturated rings. The van der Waals surface area contributed by atoms with Crippen molar-refractivity contribution in [3.05, 3.63) is 485 Å². The van der Waals surface area contributed by atoms with Crippen molar-refractivity contribution in [3.8, 4) is 169 Å². The molecule has 10 heteroatoms. The van der Waals surface area contributed by atoms with E-state index in [1.54, 1.807) is 0 Å². The normalized spacial score (nSPS) is 11.5. The van der Waals surface area contributed by atoms with Gasteiger partial charge in [-0.25, -0.2) is 29.9 Å². The van der Waals surface area contributed by atoms with E-state index in [0.717, 1.165) is 188 Å². The van der Waals surface area contributed by atoms with Crippen LogP contribution in [0.15, 0.2) is 494 Å². The smallest absolute Gasteiger partial charge is 0.164 e. The molecule has 20 aromatic carbocycles. The van der Waals surface area contributed by atoms with E-state index in [1.807, 2.05) is 24.3 Å². The van der Waals surface area contributed by atoms with E-state index in [0.29, 0.717) is 34.9 Å². The molecule has 6 aromatic heterocycles. The Labute approximate surface area is 784 Å². The molecule has 0 bridgehead atoms. The molecule has 26 rings (SSSR count). The van der Waals surface area contributed by atoms with E-state index in [2.05, 4.69) is 470 Å². The molecule has 0 radical (unpaired) electrons. The fourth-order valence-corrected chi connectivity index (χ4v) is 19.3. The van der Waals surface area contributed by atoms with Crippen molar-refractivity contribution >= 4 is 87.5 Å². The van der Waals surface area contributed by atoms with Crippen LogP contribution in [-0.4, -0.2) is 39.0 Å². The van der Waals surface area contributed by atoms with Crippen LogP contribution in [0.4, 0.5) is 0 Å². The average Bonchev–Trinajstić information content (AvgIpc) is 1.56. The monoisotopic (exact) mass is 1740 g/mol. The number of nitrogens with zero attached hydrogens (tertiary/aromatic N) is 8. The molecule has 0 aliphatic heterocycles. The summed E-state index contributed by atoms with van der Waals surface area (Å²) in [5.74, 6) is 3.59. The summed E-state index contributed by atoms with van der Waals surface area (Å²) in [6, 6.07) is 170. The van der Waals surface area contributed by atoms with Crippen LogP contribution in [0.5, 0.6) is 0 Å². The minimum Gasteiger partial charge on any atom is -0.454 e. The zero-order chi connectivity index (χ0) is 89.9. The van der Waals surface area contributed by atoms with Crippen LogP contribution < -0.4 is 0 Å². The zero-order valence-electron chi connectivity index (χ0n) is 73.6. The molecular weight excluding hydrogens is 1660 g/mol. The van der Waals surface area contributed by atoms with Gasteiger partial charge in [-0.15, -0.1) is 0 Å². The maximum atomic E-state index is 6.94. The standard InChI is InChI=1S/2C63H40N4O/c1-4-15-41(16-5-1)44-29-31-45(32-30-44)48-23-14-26-52(39-48)67-57-28-11-10-27-53(57)54-34-35-55-56-40-51(33-36-58(56)68-60(55)59(54)67)63-65-61(49-24-12-21-46(37-49)42-17-6-2-7-18-42)64-62(66-63)50-25-13-22-47(38-50)43-19-8-3-9-20-43;1-4-13-41(14-5-1)44-23-25-47(26-24-44)50-19-12-20-52(39-50)67-57-22-11-10-21-53(57)54-36-37-55-56-40-51(35-38-58(56)68-60(55)59(54)67)63-65-61(48-31-27-45(28-32-48)42-15-6-2-7-16-42)64-62(66-63)49-33-29-46(30-34-49)43-17-8-3-9-18-43/h2*1-40H. The molecule has 0 N–H and O–H groups in total. The number of fused-ring (bicyclic) bond motifs is 14. The first-order valence-electron chi connectivity index (χ1n) is 45.8. The van der Waals surface area contributed by atoms with Gasteiger partial charge in [-0.3, -0.25) is 0 Å². The van der Waals surface area contributed by atoms with E-state index in [9.17, 15) is 0 Å². The Hall–Kier alpha value is -18.4. The number of furan rings is 2. The Balaban J connectivity index is 0.000000145. The molecule has 6 heterocycles. The number of para-hydroxylation sites is 2. The predicted octanol–water partition coefficient (Wildman–Crippen LogP) is 33.1. The van der Waals surface area contributed by atoms with E-state index in [1.165, 1.54) is 33.0 Å². The van der Waals surface area contributed by atoms with Gasteiger partial charge in [0.1, 0.15) is 11.2 Å². The van der Waals surface area contributed by atoms with Crippen molar-refractivity contribution in [1.82, 2.24) is 39.0 Å². The number of benzene rings is 20. The topological polar surface area (TPSA) is 113 Å². The molecule has 0 unspecified atom stereocenters. The van der Waals surface area contributed by atoms with Crippen LogP contribution in [0.3, 0.4) is 0 Å². The zero-order valence-corrected chi connectivity index (χ0v) is 73.6. The first-order valence-corrected chi connectivity index (χ1v) is 45.8. The van der Waals surface area contributed by atoms with Crippen molar-refractivity contribution in [3.63, 3.8) is 0 Å². The number of rotatable bonds is 16. The van der Waals surface area contributed by atoms with Crippen LogP contribution in [0, 0.1) is 0 Å². The molecule has 0 spiro atoms. The first-order chi connectivity index (χ1) is 67.4. The van der Waals surface area contributed by atoms with Crippen molar-refractivity contribution in [2.24, 2.45) is 0 Å². The van der Waals surface area contributed by atoms with E-state index >= 15 is 0 Å². The molecule has 26 aromatic rings. The summed E-state index contributed by atoms with van der Waals surface area (Å²) in [4.78, 5) is 31.0. The third kappa shape index (κ3) is 14.9. The van der Waals surface area contributed by atoms with Crippen LogP contribution in [0.25, 0.3) is 256 Å². The van der Waals surface area contributed by atoms with Gasteiger partial charge in [-0.1, -0.05) is 388 Å². The molecule has 136 heavy (non-hydrogen) atoms. The Morgan fingerprint density at radius 2 is 0.360 bits per heavy atom. The number of aromatic nitrogens is 8. The van der Waals surface area contributed by atoms with E-state index in [4.69, 9.17) is 38.7 Å². The lowest BCUT2D eigenvalue weighted by molar-refractivity contribution is 0.670. The lowest BCUT2D eigenvalue weighted by atomic mass is 10.00. The molecule has 0 aliphatic rings. The summed E-state index contributed by atoms with van der Waals surface area (Å²) in [5, 5.41) is 8.62. The van der Waals surface area contributed by atoms with Gasteiger partial charge in [0.15, 0.2) is 46.1 Å². The predicted molar refractivity (Wildman–Crippen MR) is 559 cm³/mol. The Morgan fingerprint density at radius 3 is 0.684 bits per heavy atom. The minimum atomic E-state index is 0.584. The van der Waals surface area contributed by atoms with Gasteiger partial charge in [0.05, 0.1) is 22.1 Å². The van der Waals surface area contributed by atoms with Crippen LogP contribution >= 0.6 is 0 Å². The Morgan fingerprint density at radius 1 is 0.140 bits per heavy atom. The summed E-state index contributed by atoms with van der Waals surface area (Å²) in [6.07, 6.45) is 0. The second-order valence-corrected chi connectivity index (χ2v) is 34.4. The highest BCUT2D eigenvalue weighted by Gasteiger charge is 2.25. The van der Waals surface area contributed by atoms with E-state index in [-0.39, 0.29) is 0 Å². The van der Waals surface area contributed by atoms with Gasteiger partial charge in [-0.2, -0.15) is 0 Å². The SMILES string of the molecule is c1ccc(-c2ccc(-c3cccc(-n4c5ccccc5c5ccc6c7cc(-c8nc(-c9ccc(-c%10ccccc%10)cc9)nc(-c9ccc(-c%10ccccc%10)cc9)n8)ccc7oc6c54)c3)cc2)cc1.c1ccc(-c2ccc(-c3cccc(-n4c5ccccc5c5ccc6c7cc(-c8nc(-c9cccc(-c%10ccccc%10)c9)nc(-c9cccc(-c%10ccccc%10)c9)n8)ccc7oc6c54)c3)cc2)cc1. The molecule has 0 saturated heterocycles. The van der Waals surface area contributed by atoms with Crippen molar-refractivity contribution in [2.75, 3.05) is 0 Å². The molecular formula is C126H80N8O2. The highest BCUT2D eigenvalue weighted by Crippen LogP contribution is 2.46. The third-order valence-corrected chi connectivity index (χ3v) is 26.1. The lowest BCUT2D eigenvalue weighted by Gasteiger charge is -2.11. The van der Waals surface area contributed by atoms with Gasteiger partial charge in [0.2, 0.25) is 0 Å². The van der Waals surface area contributed by atoms with Gasteiger partial charge in [-0.05, 0) is 186 Å². The summed E-state index contributed by atoms with van der Waals surface area (Å²) in [6.45, 7) is 0. The molecule has 0 saturated carbocycles. The summed E-state index contributed by atoms with van der Waals surface area (Å²) in [5.41, 5.74) is 33.5. The molecule has 0 amide bonds.